The third kappa shape index (κ3) is 6.16. The van der Waals surface area contributed by atoms with Crippen molar-refractivity contribution in [2.75, 3.05) is 46.9 Å². The van der Waals surface area contributed by atoms with Gasteiger partial charge in [-0.15, -0.1) is 0 Å². The molecule has 0 saturated carbocycles. The molecule has 2 rings (SSSR count). The number of aliphatic hydroxyl groups is 1. The molecule has 1 aliphatic heterocycles. The molecular formula is C19H31N3O4. The lowest BCUT2D eigenvalue weighted by molar-refractivity contribution is -0.124. The van der Waals surface area contributed by atoms with Gasteiger partial charge >= 0.3 is 0 Å². The van der Waals surface area contributed by atoms with E-state index in [-0.39, 0.29) is 12.5 Å². The molecule has 1 aromatic carbocycles. The highest BCUT2D eigenvalue weighted by atomic mass is 16.5. The van der Waals surface area contributed by atoms with Crippen LogP contribution in [-0.4, -0.2) is 79.9 Å². The Kier molecular flexibility index (Phi) is 7.68. The summed E-state index contributed by atoms with van der Waals surface area (Å²) in [6.45, 7) is 7.49. The van der Waals surface area contributed by atoms with Crippen LogP contribution in [0, 0.1) is 0 Å². The number of carbonyl (C=O) groups excluding carboxylic acids is 1. The monoisotopic (exact) mass is 365 g/mol. The van der Waals surface area contributed by atoms with E-state index >= 15 is 0 Å². The van der Waals surface area contributed by atoms with Crippen LogP contribution in [0.4, 0.5) is 0 Å². The number of piperazine rings is 1. The van der Waals surface area contributed by atoms with E-state index in [1.54, 1.807) is 7.11 Å². The summed E-state index contributed by atoms with van der Waals surface area (Å²) in [6, 6.07) is 6.12. The highest BCUT2D eigenvalue weighted by Crippen LogP contribution is 2.28. The lowest BCUT2D eigenvalue weighted by atomic mass is 10.1. The van der Waals surface area contributed by atoms with Crippen LogP contribution in [0.3, 0.4) is 0 Å². The summed E-state index contributed by atoms with van der Waals surface area (Å²) in [5, 5.41) is 13.0. The molecule has 0 bridgehead atoms. The van der Waals surface area contributed by atoms with Gasteiger partial charge in [0.2, 0.25) is 5.91 Å². The Morgan fingerprint density at radius 3 is 2.77 bits per heavy atom. The minimum absolute atomic E-state index is 0.0543. The third-order valence-electron chi connectivity index (χ3n) is 4.56. The van der Waals surface area contributed by atoms with E-state index in [4.69, 9.17) is 9.47 Å². The largest absolute Gasteiger partial charge is 0.493 e. The van der Waals surface area contributed by atoms with Crippen LogP contribution >= 0.6 is 0 Å². The minimum Gasteiger partial charge on any atom is -0.493 e. The standard InChI is InChI=1S/C19H31N3O4/c1-14(2)21(3)11-16(23)13-26-18-9-15(5-6-17(18)25-4)10-22-8-7-20-19(24)12-22/h5-6,9,14,16,23H,7-8,10-13H2,1-4H3,(H,20,24). The molecule has 2 N–H and O–H groups in total. The molecule has 1 heterocycles. The maximum atomic E-state index is 11.5. The Morgan fingerprint density at radius 2 is 2.12 bits per heavy atom. The normalized spacial score (nSPS) is 16.7. The molecule has 7 nitrogen and oxygen atoms in total. The average Bonchev–Trinajstić information content (AvgIpc) is 2.60. The van der Waals surface area contributed by atoms with Gasteiger partial charge in [-0.25, -0.2) is 0 Å². The number of benzene rings is 1. The number of likely N-dealkylation sites (N-methyl/N-ethyl adjacent to an activating group) is 1. The first-order valence-corrected chi connectivity index (χ1v) is 9.06. The molecule has 26 heavy (non-hydrogen) atoms. The first-order valence-electron chi connectivity index (χ1n) is 9.06. The molecule has 7 heteroatoms. The number of aliphatic hydroxyl groups excluding tert-OH is 1. The van der Waals surface area contributed by atoms with Crippen molar-refractivity contribution in [2.24, 2.45) is 0 Å². The Labute approximate surface area is 155 Å². The van der Waals surface area contributed by atoms with Gasteiger partial charge in [-0.3, -0.25) is 9.69 Å². The Hall–Kier alpha value is -1.83. The predicted octanol–water partition coefficient (Wildman–Crippen LogP) is 0.707. The average molecular weight is 365 g/mol. The Balaban J connectivity index is 1.96. The summed E-state index contributed by atoms with van der Waals surface area (Å²) in [5.41, 5.74) is 1.05. The topological polar surface area (TPSA) is 74.3 Å². The summed E-state index contributed by atoms with van der Waals surface area (Å²) in [6.07, 6.45) is -0.582. The molecule has 1 fully saturated rings. The summed E-state index contributed by atoms with van der Waals surface area (Å²) in [4.78, 5) is 15.7. The van der Waals surface area contributed by atoms with Gasteiger partial charge in [0.25, 0.3) is 0 Å². The van der Waals surface area contributed by atoms with E-state index in [1.807, 2.05) is 25.2 Å². The van der Waals surface area contributed by atoms with Crippen molar-refractivity contribution in [3.05, 3.63) is 23.8 Å². The summed E-state index contributed by atoms with van der Waals surface area (Å²) >= 11 is 0. The van der Waals surface area contributed by atoms with Crippen LogP contribution in [-0.2, 0) is 11.3 Å². The first-order chi connectivity index (χ1) is 12.4. The van der Waals surface area contributed by atoms with Gasteiger partial charge in [-0.1, -0.05) is 6.07 Å². The molecule has 1 unspecified atom stereocenters. The number of ether oxygens (including phenoxy) is 2. The van der Waals surface area contributed by atoms with Crippen molar-refractivity contribution in [3.63, 3.8) is 0 Å². The van der Waals surface area contributed by atoms with Crippen molar-refractivity contribution in [2.45, 2.75) is 32.5 Å². The second-order valence-electron chi connectivity index (χ2n) is 7.04. The molecular weight excluding hydrogens is 334 g/mol. The van der Waals surface area contributed by atoms with Crippen molar-refractivity contribution >= 4 is 5.91 Å². The molecule has 0 radical (unpaired) electrons. The van der Waals surface area contributed by atoms with Gasteiger partial charge in [-0.2, -0.15) is 0 Å². The van der Waals surface area contributed by atoms with Crippen molar-refractivity contribution in [1.29, 1.82) is 0 Å². The highest BCUT2D eigenvalue weighted by molar-refractivity contribution is 5.78. The zero-order valence-corrected chi connectivity index (χ0v) is 16.2. The minimum atomic E-state index is -0.582. The number of hydrogen-bond donors (Lipinski definition) is 2. The number of nitrogens with zero attached hydrogens (tertiary/aromatic N) is 2. The summed E-state index contributed by atoms with van der Waals surface area (Å²) in [7, 11) is 3.57. The lowest BCUT2D eigenvalue weighted by Gasteiger charge is -2.27. The van der Waals surface area contributed by atoms with Crippen molar-refractivity contribution < 1.29 is 19.4 Å². The maximum absolute atomic E-state index is 11.5. The number of carbonyl (C=O) groups is 1. The van der Waals surface area contributed by atoms with E-state index < -0.39 is 6.10 Å². The number of nitrogens with one attached hydrogen (secondary N) is 1. The quantitative estimate of drug-likeness (QED) is 0.671. The van der Waals surface area contributed by atoms with E-state index in [0.29, 0.717) is 43.7 Å². The Bertz CT molecular complexity index is 594. The summed E-state index contributed by atoms with van der Waals surface area (Å²) < 4.78 is 11.2. The van der Waals surface area contributed by atoms with E-state index in [2.05, 4.69) is 29.0 Å². The molecule has 0 aliphatic carbocycles. The smallest absolute Gasteiger partial charge is 0.234 e. The lowest BCUT2D eigenvalue weighted by Crippen LogP contribution is -2.47. The van der Waals surface area contributed by atoms with Gasteiger partial charge in [0.05, 0.1) is 13.7 Å². The number of amides is 1. The van der Waals surface area contributed by atoms with Crippen LogP contribution in [0.1, 0.15) is 19.4 Å². The zero-order chi connectivity index (χ0) is 19.1. The third-order valence-corrected chi connectivity index (χ3v) is 4.56. The van der Waals surface area contributed by atoms with E-state index in [1.165, 1.54) is 0 Å². The highest BCUT2D eigenvalue weighted by Gasteiger charge is 2.17. The zero-order valence-electron chi connectivity index (χ0n) is 16.2. The summed E-state index contributed by atoms with van der Waals surface area (Å²) in [5.74, 6) is 1.30. The SMILES string of the molecule is COc1ccc(CN2CCNC(=O)C2)cc1OCC(O)CN(C)C(C)C. The van der Waals surface area contributed by atoms with Gasteiger partial charge in [-0.05, 0) is 38.6 Å². The second kappa shape index (κ2) is 9.75. The van der Waals surface area contributed by atoms with E-state index in [0.717, 1.165) is 12.1 Å². The fraction of sp³-hybridized carbons (Fsp3) is 0.632. The van der Waals surface area contributed by atoms with Gasteiger partial charge in [0.15, 0.2) is 11.5 Å². The number of methoxy groups -OCH3 is 1. The van der Waals surface area contributed by atoms with Crippen LogP contribution in [0.5, 0.6) is 11.5 Å². The fourth-order valence-electron chi connectivity index (χ4n) is 2.80. The maximum Gasteiger partial charge on any atom is 0.234 e. The van der Waals surface area contributed by atoms with Crippen LogP contribution in [0.25, 0.3) is 0 Å². The van der Waals surface area contributed by atoms with Crippen LogP contribution in [0.15, 0.2) is 18.2 Å². The van der Waals surface area contributed by atoms with E-state index in [9.17, 15) is 9.90 Å². The molecule has 0 spiro atoms. The molecule has 1 amide bonds. The van der Waals surface area contributed by atoms with Crippen molar-refractivity contribution in [1.82, 2.24) is 15.1 Å². The van der Waals surface area contributed by atoms with Gasteiger partial charge in [0, 0.05) is 32.2 Å². The van der Waals surface area contributed by atoms with Crippen LogP contribution < -0.4 is 14.8 Å². The fourth-order valence-corrected chi connectivity index (χ4v) is 2.80. The van der Waals surface area contributed by atoms with Crippen LogP contribution in [0.2, 0.25) is 0 Å². The Morgan fingerprint density at radius 1 is 1.35 bits per heavy atom. The molecule has 1 aliphatic rings. The predicted molar refractivity (Wildman–Crippen MR) is 101 cm³/mol. The van der Waals surface area contributed by atoms with Crippen molar-refractivity contribution in [3.8, 4) is 11.5 Å². The molecule has 146 valence electrons. The van der Waals surface area contributed by atoms with Gasteiger partial charge in [0.1, 0.15) is 12.7 Å². The molecule has 1 saturated heterocycles. The second-order valence-corrected chi connectivity index (χ2v) is 7.04. The molecule has 1 atom stereocenters. The molecule has 0 aromatic heterocycles. The number of rotatable bonds is 9. The molecule has 1 aromatic rings. The number of hydrogen-bond acceptors (Lipinski definition) is 6. The first kappa shape index (κ1) is 20.5. The van der Waals surface area contributed by atoms with Gasteiger partial charge < -0.3 is 24.8 Å².